The lowest BCUT2D eigenvalue weighted by molar-refractivity contribution is -0.384. The van der Waals surface area contributed by atoms with Crippen LogP contribution in [-0.2, 0) is 6.54 Å². The van der Waals surface area contributed by atoms with Gasteiger partial charge < -0.3 is 5.73 Å². The number of nitro groups is 1. The number of halogens is 1. The average molecular weight is 281 g/mol. The number of nitro benzene ring substituents is 1. The first-order valence-corrected chi connectivity index (χ1v) is 6.00. The van der Waals surface area contributed by atoms with Gasteiger partial charge in [0.05, 0.1) is 27.9 Å². The van der Waals surface area contributed by atoms with Gasteiger partial charge in [-0.05, 0) is 25.5 Å². The fourth-order valence-corrected chi connectivity index (χ4v) is 1.98. The normalized spacial score (nSPS) is 10.7. The number of anilines is 1. The molecule has 0 bridgehead atoms. The third-order valence-electron chi connectivity index (χ3n) is 2.92. The summed E-state index contributed by atoms with van der Waals surface area (Å²) in [4.78, 5) is 10.3. The van der Waals surface area contributed by atoms with E-state index in [-0.39, 0.29) is 11.4 Å². The van der Waals surface area contributed by atoms with E-state index in [1.54, 1.807) is 10.7 Å². The second-order valence-corrected chi connectivity index (χ2v) is 4.67. The van der Waals surface area contributed by atoms with Crippen molar-refractivity contribution in [1.82, 2.24) is 9.78 Å². The number of benzene rings is 1. The zero-order valence-corrected chi connectivity index (χ0v) is 11.3. The molecule has 1 heterocycles. The van der Waals surface area contributed by atoms with E-state index in [1.165, 1.54) is 12.1 Å². The molecule has 0 spiro atoms. The molecule has 100 valence electrons. The molecular formula is C12H13ClN4O2. The van der Waals surface area contributed by atoms with Crippen LogP contribution in [0.2, 0.25) is 5.02 Å². The smallest absolute Gasteiger partial charge is 0.292 e. The van der Waals surface area contributed by atoms with Gasteiger partial charge >= 0.3 is 0 Å². The van der Waals surface area contributed by atoms with Crippen LogP contribution in [0.3, 0.4) is 0 Å². The molecule has 2 rings (SSSR count). The Morgan fingerprint density at radius 2 is 2.16 bits per heavy atom. The van der Waals surface area contributed by atoms with E-state index < -0.39 is 4.92 Å². The van der Waals surface area contributed by atoms with Crippen molar-refractivity contribution in [2.24, 2.45) is 0 Å². The second kappa shape index (κ2) is 4.89. The van der Waals surface area contributed by atoms with Gasteiger partial charge in [0.25, 0.3) is 5.69 Å². The Balaban J connectivity index is 2.36. The predicted octanol–water partition coefficient (Wildman–Crippen LogP) is 2.69. The van der Waals surface area contributed by atoms with E-state index >= 15 is 0 Å². The summed E-state index contributed by atoms with van der Waals surface area (Å²) in [5.74, 6) is 0. The van der Waals surface area contributed by atoms with Gasteiger partial charge in [-0.15, -0.1) is 0 Å². The third-order valence-corrected chi connectivity index (χ3v) is 3.46. The molecule has 2 N–H and O–H groups in total. The Hall–Kier alpha value is -2.08. The van der Waals surface area contributed by atoms with Crippen LogP contribution in [0.5, 0.6) is 0 Å². The Kier molecular flexibility index (Phi) is 3.44. The molecule has 1 aromatic heterocycles. The number of aryl methyl sites for hydroxylation is 1. The molecule has 0 unspecified atom stereocenters. The highest BCUT2D eigenvalue weighted by atomic mass is 35.5. The summed E-state index contributed by atoms with van der Waals surface area (Å²) in [6, 6.07) is 4.73. The van der Waals surface area contributed by atoms with Gasteiger partial charge in [-0.3, -0.25) is 14.8 Å². The van der Waals surface area contributed by atoms with Gasteiger partial charge in [0.2, 0.25) is 0 Å². The van der Waals surface area contributed by atoms with Crippen molar-refractivity contribution in [2.45, 2.75) is 20.4 Å². The minimum atomic E-state index is -0.493. The summed E-state index contributed by atoms with van der Waals surface area (Å²) in [6.45, 7) is 4.09. The fourth-order valence-electron chi connectivity index (χ4n) is 1.85. The number of nitrogen functional groups attached to an aromatic ring is 1. The van der Waals surface area contributed by atoms with E-state index in [0.29, 0.717) is 11.6 Å². The number of rotatable bonds is 3. The monoisotopic (exact) mass is 280 g/mol. The molecule has 7 heteroatoms. The van der Waals surface area contributed by atoms with Crippen LogP contribution < -0.4 is 5.73 Å². The molecule has 0 radical (unpaired) electrons. The summed E-state index contributed by atoms with van der Waals surface area (Å²) in [5.41, 5.74) is 7.94. The van der Waals surface area contributed by atoms with Crippen LogP contribution in [0.4, 0.5) is 11.4 Å². The molecule has 0 aliphatic heterocycles. The zero-order valence-electron chi connectivity index (χ0n) is 10.6. The van der Waals surface area contributed by atoms with Gasteiger partial charge in [-0.2, -0.15) is 5.10 Å². The number of hydrogen-bond donors (Lipinski definition) is 1. The van der Waals surface area contributed by atoms with Crippen LogP contribution in [0.1, 0.15) is 17.0 Å². The Morgan fingerprint density at radius 1 is 1.47 bits per heavy atom. The highest BCUT2D eigenvalue weighted by Gasteiger charge is 2.14. The van der Waals surface area contributed by atoms with Crippen LogP contribution >= 0.6 is 11.6 Å². The molecule has 0 fully saturated rings. The highest BCUT2D eigenvalue weighted by Crippen LogP contribution is 2.24. The Labute approximate surface area is 114 Å². The summed E-state index contributed by atoms with van der Waals surface area (Å²) in [7, 11) is 0. The second-order valence-electron chi connectivity index (χ2n) is 4.29. The number of aromatic nitrogens is 2. The molecule has 0 aliphatic rings. The van der Waals surface area contributed by atoms with Crippen molar-refractivity contribution in [2.75, 3.05) is 5.73 Å². The van der Waals surface area contributed by atoms with E-state index in [9.17, 15) is 10.1 Å². The van der Waals surface area contributed by atoms with Gasteiger partial charge in [0, 0.05) is 6.07 Å². The summed E-state index contributed by atoms with van der Waals surface area (Å²) in [6.07, 6.45) is 0. The minimum absolute atomic E-state index is 0.0925. The molecule has 0 atom stereocenters. The van der Waals surface area contributed by atoms with E-state index in [0.717, 1.165) is 17.0 Å². The minimum Gasteiger partial charge on any atom is -0.393 e. The van der Waals surface area contributed by atoms with Crippen molar-refractivity contribution < 1.29 is 4.92 Å². The average Bonchev–Trinajstić information content (AvgIpc) is 2.59. The SMILES string of the molecule is Cc1nn(Cc2ccc(N)c([N+](=O)[O-])c2)c(C)c1Cl. The lowest BCUT2D eigenvalue weighted by Crippen LogP contribution is -2.05. The number of nitrogens with two attached hydrogens (primary N) is 1. The number of hydrogen-bond acceptors (Lipinski definition) is 4. The third kappa shape index (κ3) is 2.53. The van der Waals surface area contributed by atoms with Crippen molar-refractivity contribution in [3.63, 3.8) is 0 Å². The van der Waals surface area contributed by atoms with Crippen LogP contribution in [0.15, 0.2) is 18.2 Å². The quantitative estimate of drug-likeness (QED) is 0.532. The van der Waals surface area contributed by atoms with Crippen molar-refractivity contribution in [3.05, 3.63) is 50.3 Å². The molecule has 6 nitrogen and oxygen atoms in total. The lowest BCUT2D eigenvalue weighted by Gasteiger charge is -2.05. The molecule has 1 aromatic carbocycles. The first kappa shape index (κ1) is 13.4. The van der Waals surface area contributed by atoms with E-state index in [1.807, 2.05) is 13.8 Å². The highest BCUT2D eigenvalue weighted by molar-refractivity contribution is 6.31. The maximum atomic E-state index is 10.8. The maximum absolute atomic E-state index is 10.8. The first-order chi connectivity index (χ1) is 8.90. The van der Waals surface area contributed by atoms with Gasteiger partial charge in [0.1, 0.15) is 5.69 Å². The molecule has 2 aromatic rings. The van der Waals surface area contributed by atoms with E-state index in [4.69, 9.17) is 17.3 Å². The lowest BCUT2D eigenvalue weighted by atomic mass is 10.1. The van der Waals surface area contributed by atoms with Crippen molar-refractivity contribution in [1.29, 1.82) is 0 Å². The first-order valence-electron chi connectivity index (χ1n) is 5.62. The fraction of sp³-hybridized carbons (Fsp3) is 0.250. The van der Waals surface area contributed by atoms with Crippen molar-refractivity contribution in [3.8, 4) is 0 Å². The Morgan fingerprint density at radius 3 is 2.68 bits per heavy atom. The molecule has 0 saturated carbocycles. The standard InChI is InChI=1S/C12H13ClN4O2/c1-7-12(13)8(2)16(15-7)6-9-3-4-10(14)11(5-9)17(18)19/h3-5H,6,14H2,1-2H3. The summed E-state index contributed by atoms with van der Waals surface area (Å²) >= 11 is 6.06. The summed E-state index contributed by atoms with van der Waals surface area (Å²) < 4.78 is 1.72. The largest absolute Gasteiger partial charge is 0.393 e. The predicted molar refractivity (Wildman–Crippen MR) is 73.3 cm³/mol. The van der Waals surface area contributed by atoms with Crippen LogP contribution in [0.25, 0.3) is 0 Å². The van der Waals surface area contributed by atoms with Crippen molar-refractivity contribution >= 4 is 23.0 Å². The maximum Gasteiger partial charge on any atom is 0.292 e. The molecular weight excluding hydrogens is 268 g/mol. The number of nitrogens with zero attached hydrogens (tertiary/aromatic N) is 3. The van der Waals surface area contributed by atoms with Gasteiger partial charge in [-0.25, -0.2) is 0 Å². The van der Waals surface area contributed by atoms with Gasteiger partial charge in [0.15, 0.2) is 0 Å². The molecule has 0 amide bonds. The van der Waals surface area contributed by atoms with Gasteiger partial charge in [-0.1, -0.05) is 17.7 Å². The van der Waals surface area contributed by atoms with Crippen LogP contribution in [-0.4, -0.2) is 14.7 Å². The topological polar surface area (TPSA) is 87.0 Å². The van der Waals surface area contributed by atoms with E-state index in [2.05, 4.69) is 5.10 Å². The Bertz CT molecular complexity index is 651. The molecule has 19 heavy (non-hydrogen) atoms. The van der Waals surface area contributed by atoms with Crippen LogP contribution in [0, 0.1) is 24.0 Å². The summed E-state index contributed by atoms with van der Waals surface area (Å²) in [5, 5.41) is 15.7. The zero-order chi connectivity index (χ0) is 14.2. The molecule has 0 saturated heterocycles. The molecule has 0 aliphatic carbocycles.